The van der Waals surface area contributed by atoms with Gasteiger partial charge in [-0.05, 0) is 19.1 Å². The molecule has 2 aromatic heterocycles. The van der Waals surface area contributed by atoms with Gasteiger partial charge in [0.25, 0.3) is 0 Å². The van der Waals surface area contributed by atoms with Crippen LogP contribution < -0.4 is 15.1 Å². The predicted molar refractivity (Wildman–Crippen MR) is 107 cm³/mol. The van der Waals surface area contributed by atoms with Crippen molar-refractivity contribution in [3.63, 3.8) is 0 Å². The molecule has 3 heterocycles. The van der Waals surface area contributed by atoms with Crippen LogP contribution in [-0.4, -0.2) is 41.1 Å². The fourth-order valence-electron chi connectivity index (χ4n) is 3.22. The average molecular weight is 375 g/mol. The van der Waals surface area contributed by atoms with E-state index in [1.165, 1.54) is 5.56 Å². The van der Waals surface area contributed by atoms with Crippen molar-refractivity contribution in [1.82, 2.24) is 15.0 Å². The Balaban J connectivity index is 1.43. The third kappa shape index (κ3) is 3.74. The van der Waals surface area contributed by atoms with E-state index in [4.69, 9.17) is 4.42 Å². The molecule has 3 aromatic rings. The minimum atomic E-state index is 0.345. The van der Waals surface area contributed by atoms with Gasteiger partial charge < -0.3 is 19.5 Å². The summed E-state index contributed by atoms with van der Waals surface area (Å²) in [6.07, 6.45) is 1.58. The lowest BCUT2D eigenvalue weighted by Gasteiger charge is -2.35. The highest BCUT2D eigenvalue weighted by molar-refractivity contribution is 5.60. The van der Waals surface area contributed by atoms with Crippen LogP contribution in [0.3, 0.4) is 0 Å². The Morgan fingerprint density at radius 2 is 1.75 bits per heavy atom. The lowest BCUT2D eigenvalue weighted by molar-refractivity contribution is 0.495. The third-order valence-corrected chi connectivity index (χ3v) is 4.69. The Bertz CT molecular complexity index is 998. The maximum atomic E-state index is 9.23. The summed E-state index contributed by atoms with van der Waals surface area (Å²) in [6, 6.07) is 12.2. The number of hydrogen-bond acceptors (Lipinski definition) is 8. The Labute approximate surface area is 163 Å². The van der Waals surface area contributed by atoms with E-state index >= 15 is 0 Å². The second-order valence-corrected chi connectivity index (χ2v) is 6.73. The van der Waals surface area contributed by atoms with Crippen LogP contribution in [0.5, 0.6) is 0 Å². The SMILES string of the molecule is Cc1ccc(Nc2cc(N3CCN(c4oc(C)nc4C#N)CC3)ncn2)cc1. The highest BCUT2D eigenvalue weighted by atomic mass is 16.4. The molecule has 8 nitrogen and oxygen atoms in total. The highest BCUT2D eigenvalue weighted by Crippen LogP contribution is 2.25. The van der Waals surface area contributed by atoms with Gasteiger partial charge in [0.05, 0.1) is 0 Å². The number of anilines is 4. The van der Waals surface area contributed by atoms with E-state index in [1.54, 1.807) is 13.3 Å². The van der Waals surface area contributed by atoms with Crippen molar-refractivity contribution in [1.29, 1.82) is 5.26 Å². The normalized spacial score (nSPS) is 14.0. The van der Waals surface area contributed by atoms with E-state index < -0.39 is 0 Å². The molecular formula is C20H21N7O. The number of nitriles is 1. The summed E-state index contributed by atoms with van der Waals surface area (Å²) in [5, 5.41) is 12.5. The van der Waals surface area contributed by atoms with Crippen LogP contribution in [0.2, 0.25) is 0 Å². The van der Waals surface area contributed by atoms with Crippen molar-refractivity contribution >= 4 is 23.2 Å². The quantitative estimate of drug-likeness (QED) is 0.744. The minimum Gasteiger partial charge on any atom is -0.424 e. The van der Waals surface area contributed by atoms with Crippen LogP contribution in [0.4, 0.5) is 23.2 Å². The van der Waals surface area contributed by atoms with Crippen molar-refractivity contribution in [3.8, 4) is 6.07 Å². The number of piperazine rings is 1. The van der Waals surface area contributed by atoms with E-state index in [-0.39, 0.29) is 0 Å². The highest BCUT2D eigenvalue weighted by Gasteiger charge is 2.24. The summed E-state index contributed by atoms with van der Waals surface area (Å²) in [5.41, 5.74) is 2.55. The summed E-state index contributed by atoms with van der Waals surface area (Å²) in [4.78, 5) is 17.1. The van der Waals surface area contributed by atoms with Gasteiger partial charge in [-0.15, -0.1) is 0 Å². The maximum absolute atomic E-state index is 9.23. The van der Waals surface area contributed by atoms with Gasteiger partial charge in [-0.2, -0.15) is 5.26 Å². The second kappa shape index (κ2) is 7.56. The fourth-order valence-corrected chi connectivity index (χ4v) is 3.22. The van der Waals surface area contributed by atoms with E-state index in [0.29, 0.717) is 17.5 Å². The Morgan fingerprint density at radius 1 is 1.04 bits per heavy atom. The molecule has 0 saturated carbocycles. The molecular weight excluding hydrogens is 354 g/mol. The van der Waals surface area contributed by atoms with Gasteiger partial charge in [-0.1, -0.05) is 17.7 Å². The van der Waals surface area contributed by atoms with Crippen molar-refractivity contribution in [3.05, 3.63) is 53.8 Å². The number of hydrogen-bond donors (Lipinski definition) is 1. The molecule has 0 atom stereocenters. The summed E-state index contributed by atoms with van der Waals surface area (Å²) in [5.74, 6) is 2.70. The molecule has 8 heteroatoms. The first-order valence-electron chi connectivity index (χ1n) is 9.15. The van der Waals surface area contributed by atoms with E-state index in [0.717, 1.165) is 43.5 Å². The van der Waals surface area contributed by atoms with Gasteiger partial charge in [-0.25, -0.2) is 15.0 Å². The molecule has 1 aliphatic heterocycles. The van der Waals surface area contributed by atoms with Crippen LogP contribution in [0.1, 0.15) is 17.1 Å². The smallest absolute Gasteiger partial charge is 0.234 e. The molecule has 1 aliphatic rings. The number of oxazole rings is 1. The molecule has 1 fully saturated rings. The molecule has 1 aromatic carbocycles. The van der Waals surface area contributed by atoms with E-state index in [9.17, 15) is 5.26 Å². The van der Waals surface area contributed by atoms with Crippen LogP contribution in [0.25, 0.3) is 0 Å². The molecule has 4 rings (SSSR count). The molecule has 1 N–H and O–H groups in total. The van der Waals surface area contributed by atoms with Crippen molar-refractivity contribution in [2.24, 2.45) is 0 Å². The van der Waals surface area contributed by atoms with Gasteiger partial charge in [-0.3, -0.25) is 0 Å². The summed E-state index contributed by atoms with van der Waals surface area (Å²) in [6.45, 7) is 6.81. The fraction of sp³-hybridized carbons (Fsp3) is 0.300. The monoisotopic (exact) mass is 375 g/mol. The second-order valence-electron chi connectivity index (χ2n) is 6.73. The summed E-state index contributed by atoms with van der Waals surface area (Å²) < 4.78 is 5.62. The summed E-state index contributed by atoms with van der Waals surface area (Å²) >= 11 is 0. The predicted octanol–water partition coefficient (Wildman–Crippen LogP) is 3.02. The molecule has 0 aliphatic carbocycles. The molecule has 0 unspecified atom stereocenters. The summed E-state index contributed by atoms with van der Waals surface area (Å²) in [7, 11) is 0. The first kappa shape index (κ1) is 17.8. The first-order valence-corrected chi connectivity index (χ1v) is 9.15. The number of aryl methyl sites for hydroxylation is 2. The van der Waals surface area contributed by atoms with Gasteiger partial charge >= 0.3 is 0 Å². The Hall–Kier alpha value is -3.60. The molecule has 1 saturated heterocycles. The van der Waals surface area contributed by atoms with Crippen LogP contribution in [-0.2, 0) is 0 Å². The lowest BCUT2D eigenvalue weighted by atomic mass is 10.2. The molecule has 28 heavy (non-hydrogen) atoms. The average Bonchev–Trinajstić information content (AvgIpc) is 3.11. The number of nitrogens with one attached hydrogen (secondary N) is 1. The molecule has 142 valence electrons. The van der Waals surface area contributed by atoms with Gasteiger partial charge in [0.2, 0.25) is 11.6 Å². The zero-order valence-corrected chi connectivity index (χ0v) is 15.9. The minimum absolute atomic E-state index is 0.345. The third-order valence-electron chi connectivity index (χ3n) is 4.69. The lowest BCUT2D eigenvalue weighted by Crippen LogP contribution is -2.47. The van der Waals surface area contributed by atoms with Crippen LogP contribution >= 0.6 is 0 Å². The van der Waals surface area contributed by atoms with Crippen molar-refractivity contribution in [2.45, 2.75) is 13.8 Å². The number of aromatic nitrogens is 3. The first-order chi connectivity index (χ1) is 13.6. The molecule has 0 radical (unpaired) electrons. The van der Waals surface area contributed by atoms with Gasteiger partial charge in [0.1, 0.15) is 24.0 Å². The van der Waals surface area contributed by atoms with Crippen LogP contribution in [0, 0.1) is 25.2 Å². The molecule has 0 bridgehead atoms. The standard InChI is InChI=1S/C20H21N7O/c1-14-3-5-16(6-4-14)25-18-11-19(23-13-22-18)26-7-9-27(10-8-26)20-17(12-21)24-15(2)28-20/h3-6,11,13H,7-10H2,1-2H3,(H,22,23,25). The van der Waals surface area contributed by atoms with Gasteiger partial charge in [0.15, 0.2) is 5.89 Å². The largest absolute Gasteiger partial charge is 0.424 e. The van der Waals surface area contributed by atoms with E-state index in [2.05, 4.69) is 55.2 Å². The zero-order chi connectivity index (χ0) is 19.5. The zero-order valence-electron chi connectivity index (χ0n) is 15.9. The number of benzene rings is 1. The molecule has 0 amide bonds. The topological polar surface area (TPSA) is 94.1 Å². The Kier molecular flexibility index (Phi) is 4.81. The Morgan fingerprint density at radius 3 is 2.46 bits per heavy atom. The number of nitrogens with zero attached hydrogens (tertiary/aromatic N) is 6. The maximum Gasteiger partial charge on any atom is 0.234 e. The number of rotatable bonds is 4. The van der Waals surface area contributed by atoms with E-state index in [1.807, 2.05) is 18.2 Å². The van der Waals surface area contributed by atoms with Gasteiger partial charge in [0, 0.05) is 44.9 Å². The van der Waals surface area contributed by atoms with Crippen molar-refractivity contribution in [2.75, 3.05) is 41.3 Å². The van der Waals surface area contributed by atoms with Crippen LogP contribution in [0.15, 0.2) is 41.1 Å². The molecule has 0 spiro atoms. The van der Waals surface area contributed by atoms with Crippen molar-refractivity contribution < 1.29 is 4.42 Å².